The monoisotopic (exact) mass is 222 g/mol. The molecule has 0 saturated carbocycles. The molecule has 0 unspecified atom stereocenters. The number of amides is 1. The molecule has 1 aromatic rings. The normalized spacial score (nSPS) is 10.1. The minimum atomic E-state index is -0.0332. The summed E-state index contributed by atoms with van der Waals surface area (Å²) >= 11 is 0. The molecule has 0 heterocycles. The van der Waals surface area contributed by atoms with Crippen molar-refractivity contribution in [1.82, 2.24) is 10.6 Å². The molecular weight excluding hydrogens is 204 g/mol. The summed E-state index contributed by atoms with van der Waals surface area (Å²) in [4.78, 5) is 11.6. The van der Waals surface area contributed by atoms with Crippen LogP contribution in [0.5, 0.6) is 0 Å². The summed E-state index contributed by atoms with van der Waals surface area (Å²) in [6, 6.07) is 9.20. The first-order chi connectivity index (χ1) is 7.84. The van der Waals surface area contributed by atoms with Crippen molar-refractivity contribution in [3.8, 4) is 0 Å². The highest BCUT2D eigenvalue weighted by atomic mass is 16.5. The molecule has 0 aliphatic heterocycles. The molecule has 0 atom stereocenters. The molecule has 4 nitrogen and oxygen atoms in total. The van der Waals surface area contributed by atoms with Crippen molar-refractivity contribution in [2.45, 2.75) is 0 Å². The molecule has 1 amide bonds. The van der Waals surface area contributed by atoms with Crippen LogP contribution in [0, 0.1) is 0 Å². The summed E-state index contributed by atoms with van der Waals surface area (Å²) in [7, 11) is 1.67. The summed E-state index contributed by atoms with van der Waals surface area (Å²) in [5.74, 6) is -0.0332. The first-order valence-corrected chi connectivity index (χ1v) is 5.37. The molecule has 0 radical (unpaired) electrons. The van der Waals surface area contributed by atoms with E-state index in [2.05, 4.69) is 10.6 Å². The smallest absolute Gasteiger partial charge is 0.251 e. The maximum absolute atomic E-state index is 11.6. The maximum Gasteiger partial charge on any atom is 0.251 e. The van der Waals surface area contributed by atoms with Gasteiger partial charge in [-0.15, -0.1) is 0 Å². The van der Waals surface area contributed by atoms with Crippen LogP contribution in [0.1, 0.15) is 10.4 Å². The van der Waals surface area contributed by atoms with Crippen LogP contribution in [0.3, 0.4) is 0 Å². The van der Waals surface area contributed by atoms with E-state index in [0.717, 1.165) is 13.1 Å². The molecule has 0 bridgehead atoms. The Hall–Kier alpha value is -1.39. The largest absolute Gasteiger partial charge is 0.383 e. The molecule has 4 heteroatoms. The van der Waals surface area contributed by atoms with Gasteiger partial charge >= 0.3 is 0 Å². The molecule has 0 fully saturated rings. The molecule has 2 N–H and O–H groups in total. The van der Waals surface area contributed by atoms with Crippen LogP contribution in [0.4, 0.5) is 0 Å². The minimum Gasteiger partial charge on any atom is -0.383 e. The fraction of sp³-hybridized carbons (Fsp3) is 0.417. The number of hydrogen-bond donors (Lipinski definition) is 2. The second-order valence-electron chi connectivity index (χ2n) is 3.36. The Morgan fingerprint density at radius 1 is 1.19 bits per heavy atom. The van der Waals surface area contributed by atoms with E-state index in [1.807, 2.05) is 18.2 Å². The lowest BCUT2D eigenvalue weighted by molar-refractivity contribution is 0.0953. The molecule has 0 saturated heterocycles. The Labute approximate surface area is 96.0 Å². The van der Waals surface area contributed by atoms with Gasteiger partial charge in [0.25, 0.3) is 5.91 Å². The summed E-state index contributed by atoms with van der Waals surface area (Å²) in [6.45, 7) is 2.86. The zero-order valence-corrected chi connectivity index (χ0v) is 9.53. The number of hydrogen-bond acceptors (Lipinski definition) is 3. The third-order valence-electron chi connectivity index (χ3n) is 2.11. The van der Waals surface area contributed by atoms with Crippen LogP contribution in [-0.2, 0) is 4.74 Å². The fourth-order valence-electron chi connectivity index (χ4n) is 1.26. The zero-order chi connectivity index (χ0) is 11.6. The van der Waals surface area contributed by atoms with Crippen LogP contribution < -0.4 is 10.6 Å². The molecule has 0 aromatic heterocycles. The molecule has 0 spiro atoms. The van der Waals surface area contributed by atoms with Gasteiger partial charge in [-0.2, -0.15) is 0 Å². The Morgan fingerprint density at radius 3 is 2.62 bits per heavy atom. The van der Waals surface area contributed by atoms with E-state index in [1.54, 1.807) is 19.2 Å². The van der Waals surface area contributed by atoms with Crippen molar-refractivity contribution in [2.75, 3.05) is 33.4 Å². The van der Waals surface area contributed by atoms with Crippen molar-refractivity contribution in [3.63, 3.8) is 0 Å². The lowest BCUT2D eigenvalue weighted by Gasteiger charge is -2.06. The molecule has 1 rings (SSSR count). The van der Waals surface area contributed by atoms with Gasteiger partial charge in [0.05, 0.1) is 6.61 Å². The van der Waals surface area contributed by atoms with Crippen LogP contribution in [0.25, 0.3) is 0 Å². The van der Waals surface area contributed by atoms with E-state index < -0.39 is 0 Å². The molecule has 0 aliphatic carbocycles. The van der Waals surface area contributed by atoms with Gasteiger partial charge in [0, 0.05) is 32.3 Å². The number of nitrogens with one attached hydrogen (secondary N) is 2. The van der Waals surface area contributed by atoms with Crippen molar-refractivity contribution >= 4 is 5.91 Å². The summed E-state index contributed by atoms with van der Waals surface area (Å²) in [5.41, 5.74) is 0.694. The summed E-state index contributed by atoms with van der Waals surface area (Å²) in [5, 5.41) is 5.99. The van der Waals surface area contributed by atoms with E-state index in [4.69, 9.17) is 4.74 Å². The average Bonchev–Trinajstić information content (AvgIpc) is 2.34. The molecule has 1 aromatic carbocycles. The zero-order valence-electron chi connectivity index (χ0n) is 9.53. The Bertz CT molecular complexity index is 301. The number of rotatable bonds is 7. The van der Waals surface area contributed by atoms with Gasteiger partial charge < -0.3 is 15.4 Å². The summed E-state index contributed by atoms with van der Waals surface area (Å²) < 4.78 is 4.89. The van der Waals surface area contributed by atoms with Gasteiger partial charge in [0.1, 0.15) is 0 Å². The van der Waals surface area contributed by atoms with E-state index in [-0.39, 0.29) is 5.91 Å². The minimum absolute atomic E-state index is 0.0332. The molecule has 0 aliphatic rings. The average molecular weight is 222 g/mol. The van der Waals surface area contributed by atoms with E-state index in [0.29, 0.717) is 18.7 Å². The van der Waals surface area contributed by atoms with Gasteiger partial charge in [-0.3, -0.25) is 4.79 Å². The Kier molecular flexibility index (Phi) is 6.22. The lowest BCUT2D eigenvalue weighted by Crippen LogP contribution is -2.33. The van der Waals surface area contributed by atoms with Crippen LogP contribution >= 0.6 is 0 Å². The highest BCUT2D eigenvalue weighted by Gasteiger charge is 2.01. The quantitative estimate of drug-likeness (QED) is 0.666. The predicted octanol–water partition coefficient (Wildman–Crippen LogP) is 0.652. The van der Waals surface area contributed by atoms with Gasteiger partial charge in [-0.1, -0.05) is 18.2 Å². The van der Waals surface area contributed by atoms with Gasteiger partial charge in [0.2, 0.25) is 0 Å². The van der Waals surface area contributed by atoms with Crippen molar-refractivity contribution in [1.29, 1.82) is 0 Å². The number of benzene rings is 1. The molecular formula is C12H18N2O2. The van der Waals surface area contributed by atoms with Crippen molar-refractivity contribution in [2.24, 2.45) is 0 Å². The first kappa shape index (κ1) is 12.7. The second kappa shape index (κ2) is 7.84. The SMILES string of the molecule is COCCNCCNC(=O)c1ccccc1. The lowest BCUT2D eigenvalue weighted by atomic mass is 10.2. The van der Waals surface area contributed by atoms with E-state index >= 15 is 0 Å². The van der Waals surface area contributed by atoms with Crippen LogP contribution in [0.15, 0.2) is 30.3 Å². The highest BCUT2D eigenvalue weighted by Crippen LogP contribution is 1.96. The molecule has 16 heavy (non-hydrogen) atoms. The third kappa shape index (κ3) is 4.91. The van der Waals surface area contributed by atoms with E-state index in [1.165, 1.54) is 0 Å². The van der Waals surface area contributed by atoms with Gasteiger partial charge in [0.15, 0.2) is 0 Å². The number of methoxy groups -OCH3 is 1. The number of carbonyl (C=O) groups is 1. The fourth-order valence-corrected chi connectivity index (χ4v) is 1.26. The predicted molar refractivity (Wildman–Crippen MR) is 63.5 cm³/mol. The van der Waals surface area contributed by atoms with Gasteiger partial charge in [-0.25, -0.2) is 0 Å². The highest BCUT2D eigenvalue weighted by molar-refractivity contribution is 5.94. The Balaban J connectivity index is 2.12. The number of carbonyl (C=O) groups excluding carboxylic acids is 1. The topological polar surface area (TPSA) is 50.4 Å². The van der Waals surface area contributed by atoms with E-state index in [9.17, 15) is 4.79 Å². The molecule has 88 valence electrons. The van der Waals surface area contributed by atoms with Gasteiger partial charge in [-0.05, 0) is 12.1 Å². The number of ether oxygens (including phenoxy) is 1. The summed E-state index contributed by atoms with van der Waals surface area (Å²) in [6.07, 6.45) is 0. The third-order valence-corrected chi connectivity index (χ3v) is 2.11. The maximum atomic E-state index is 11.6. The van der Waals surface area contributed by atoms with Crippen molar-refractivity contribution in [3.05, 3.63) is 35.9 Å². The Morgan fingerprint density at radius 2 is 1.94 bits per heavy atom. The van der Waals surface area contributed by atoms with Crippen molar-refractivity contribution < 1.29 is 9.53 Å². The van der Waals surface area contributed by atoms with Crippen LogP contribution in [0.2, 0.25) is 0 Å². The first-order valence-electron chi connectivity index (χ1n) is 5.37. The van der Waals surface area contributed by atoms with Crippen LogP contribution in [-0.4, -0.2) is 39.3 Å². The second-order valence-corrected chi connectivity index (χ2v) is 3.36. The standard InChI is InChI=1S/C12H18N2O2/c1-16-10-9-13-7-8-14-12(15)11-5-3-2-4-6-11/h2-6,13H,7-10H2,1H3,(H,14,15).